The van der Waals surface area contributed by atoms with E-state index in [2.05, 4.69) is 0 Å². The number of rotatable bonds is 13. The monoisotopic (exact) mass is 434 g/mol. The maximum absolute atomic E-state index is 10.8. The van der Waals surface area contributed by atoms with Crippen LogP contribution in [0.25, 0.3) is 0 Å². The summed E-state index contributed by atoms with van der Waals surface area (Å²) in [5.74, 6) is -0.121. The molecule has 0 aliphatic rings. The van der Waals surface area contributed by atoms with E-state index in [1.54, 1.807) is 0 Å². The van der Waals surface area contributed by atoms with E-state index >= 15 is 0 Å². The summed E-state index contributed by atoms with van der Waals surface area (Å²) in [6.07, 6.45) is 1.24. The van der Waals surface area contributed by atoms with Crippen molar-refractivity contribution >= 4 is 5.97 Å². The molecule has 0 saturated carbocycles. The first-order chi connectivity index (χ1) is 15.6. The Labute approximate surface area is 189 Å². The Hall–Kier alpha value is -3.15. The van der Waals surface area contributed by atoms with E-state index in [1.807, 2.05) is 78.9 Å². The van der Waals surface area contributed by atoms with Gasteiger partial charge >= 0.3 is 5.97 Å². The van der Waals surface area contributed by atoms with Gasteiger partial charge in [-0.3, -0.25) is 4.79 Å². The van der Waals surface area contributed by atoms with Gasteiger partial charge in [-0.05, 0) is 41.2 Å². The van der Waals surface area contributed by atoms with Crippen LogP contribution in [0.3, 0.4) is 0 Å². The second-order valence-electron chi connectivity index (χ2n) is 7.62. The molecule has 0 aliphatic carbocycles. The minimum atomic E-state index is -0.822. The third-order valence-corrected chi connectivity index (χ3v) is 5.27. The lowest BCUT2D eigenvalue weighted by Gasteiger charge is -2.16. The van der Waals surface area contributed by atoms with Crippen LogP contribution in [0.2, 0.25) is 0 Å². The number of hydrogen-bond donors (Lipinski definition) is 2. The first kappa shape index (κ1) is 23.5. The molecular weight excluding hydrogens is 404 g/mol. The zero-order valence-electron chi connectivity index (χ0n) is 18.2. The Morgan fingerprint density at radius 1 is 0.781 bits per heavy atom. The molecule has 0 unspecified atom stereocenters. The van der Waals surface area contributed by atoms with Crippen LogP contribution in [-0.4, -0.2) is 36.0 Å². The molecule has 3 aromatic carbocycles. The van der Waals surface area contributed by atoms with Crippen molar-refractivity contribution in [3.63, 3.8) is 0 Å². The normalized spacial score (nSPS) is 11.8. The fourth-order valence-corrected chi connectivity index (χ4v) is 3.62. The second kappa shape index (κ2) is 12.6. The number of carboxylic acids is 1. The smallest absolute Gasteiger partial charge is 0.303 e. The number of carbonyl (C=O) groups is 1. The van der Waals surface area contributed by atoms with Gasteiger partial charge in [0, 0.05) is 12.8 Å². The molecule has 0 aromatic heterocycles. The molecule has 168 valence electrons. The molecule has 5 heteroatoms. The van der Waals surface area contributed by atoms with Crippen LogP contribution in [0.1, 0.15) is 34.8 Å². The summed E-state index contributed by atoms with van der Waals surface area (Å²) in [6.45, 7) is 1.35. The molecule has 5 nitrogen and oxygen atoms in total. The summed E-state index contributed by atoms with van der Waals surface area (Å²) < 4.78 is 11.5. The highest BCUT2D eigenvalue weighted by atomic mass is 16.5. The first-order valence-corrected chi connectivity index (χ1v) is 10.9. The van der Waals surface area contributed by atoms with E-state index in [9.17, 15) is 9.90 Å². The number of aliphatic hydroxyl groups excluding tert-OH is 1. The minimum Gasteiger partial charge on any atom is -0.491 e. The van der Waals surface area contributed by atoms with Crippen LogP contribution in [0.5, 0.6) is 5.75 Å². The van der Waals surface area contributed by atoms with Crippen LogP contribution in [-0.2, 0) is 28.8 Å². The third kappa shape index (κ3) is 7.52. The lowest BCUT2D eigenvalue weighted by Crippen LogP contribution is -2.11. The van der Waals surface area contributed by atoms with E-state index in [4.69, 9.17) is 14.6 Å². The molecule has 0 saturated heterocycles. The SMILES string of the molecule is O=C(O)CCc1ccccc1OCCOCCc1ccccc1[C@H](O)Cc1ccccc1. The summed E-state index contributed by atoms with van der Waals surface area (Å²) in [5.41, 5.74) is 4.00. The number of aliphatic hydroxyl groups is 1. The number of aliphatic carboxylic acids is 1. The number of hydrogen-bond acceptors (Lipinski definition) is 4. The van der Waals surface area contributed by atoms with E-state index in [1.165, 1.54) is 0 Å². The van der Waals surface area contributed by atoms with Gasteiger partial charge in [-0.25, -0.2) is 0 Å². The van der Waals surface area contributed by atoms with Crippen LogP contribution in [0, 0.1) is 0 Å². The van der Waals surface area contributed by atoms with Gasteiger partial charge in [0.2, 0.25) is 0 Å². The van der Waals surface area contributed by atoms with Crippen molar-refractivity contribution in [1.82, 2.24) is 0 Å². The van der Waals surface area contributed by atoms with Crippen molar-refractivity contribution in [2.45, 2.75) is 31.8 Å². The Morgan fingerprint density at radius 2 is 1.47 bits per heavy atom. The van der Waals surface area contributed by atoms with Gasteiger partial charge in [-0.2, -0.15) is 0 Å². The van der Waals surface area contributed by atoms with Gasteiger partial charge in [0.25, 0.3) is 0 Å². The van der Waals surface area contributed by atoms with E-state index in [-0.39, 0.29) is 6.42 Å². The summed E-state index contributed by atoms with van der Waals surface area (Å²) in [5, 5.41) is 19.6. The van der Waals surface area contributed by atoms with Crippen molar-refractivity contribution in [2.75, 3.05) is 19.8 Å². The Kier molecular flexibility index (Phi) is 9.29. The highest BCUT2D eigenvalue weighted by Crippen LogP contribution is 2.23. The number of ether oxygens (including phenoxy) is 2. The Bertz CT molecular complexity index is 971. The van der Waals surface area contributed by atoms with Crippen LogP contribution >= 0.6 is 0 Å². The lowest BCUT2D eigenvalue weighted by molar-refractivity contribution is -0.136. The Morgan fingerprint density at radius 3 is 2.25 bits per heavy atom. The average molecular weight is 435 g/mol. The number of benzene rings is 3. The molecule has 0 bridgehead atoms. The highest BCUT2D eigenvalue weighted by molar-refractivity contribution is 5.67. The Balaban J connectivity index is 1.43. The summed E-state index contributed by atoms with van der Waals surface area (Å²) in [4.78, 5) is 10.8. The van der Waals surface area contributed by atoms with Crippen molar-refractivity contribution in [1.29, 1.82) is 0 Å². The molecule has 32 heavy (non-hydrogen) atoms. The maximum Gasteiger partial charge on any atom is 0.303 e. The molecule has 0 aliphatic heterocycles. The van der Waals surface area contributed by atoms with E-state index in [0.29, 0.717) is 44.8 Å². The quantitative estimate of drug-likeness (QED) is 0.384. The maximum atomic E-state index is 10.8. The molecule has 0 radical (unpaired) electrons. The molecule has 0 amide bonds. The summed E-state index contributed by atoms with van der Waals surface area (Å²) in [6, 6.07) is 25.4. The predicted molar refractivity (Wildman–Crippen MR) is 124 cm³/mol. The third-order valence-electron chi connectivity index (χ3n) is 5.27. The summed E-state index contributed by atoms with van der Waals surface area (Å²) in [7, 11) is 0. The molecule has 3 rings (SSSR count). The van der Waals surface area contributed by atoms with Gasteiger partial charge < -0.3 is 19.7 Å². The van der Waals surface area contributed by atoms with Crippen LogP contribution in [0.4, 0.5) is 0 Å². The van der Waals surface area contributed by atoms with Crippen molar-refractivity contribution < 1.29 is 24.5 Å². The van der Waals surface area contributed by atoms with Crippen LogP contribution in [0.15, 0.2) is 78.9 Å². The number of carboxylic acid groups (broad SMARTS) is 1. The van der Waals surface area contributed by atoms with E-state index in [0.717, 1.165) is 22.3 Å². The highest BCUT2D eigenvalue weighted by Gasteiger charge is 2.13. The number of para-hydroxylation sites is 1. The fraction of sp³-hybridized carbons (Fsp3) is 0.296. The lowest BCUT2D eigenvalue weighted by atomic mass is 9.96. The first-order valence-electron chi connectivity index (χ1n) is 10.9. The van der Waals surface area contributed by atoms with Crippen molar-refractivity contribution in [2.24, 2.45) is 0 Å². The predicted octanol–water partition coefficient (Wildman–Crippen LogP) is 4.62. The topological polar surface area (TPSA) is 76.0 Å². The van der Waals surface area contributed by atoms with E-state index < -0.39 is 12.1 Å². The molecule has 2 N–H and O–H groups in total. The molecule has 0 heterocycles. The molecular formula is C27H30O5. The molecule has 0 fully saturated rings. The van der Waals surface area contributed by atoms with Crippen LogP contribution < -0.4 is 4.74 Å². The fourth-order valence-electron chi connectivity index (χ4n) is 3.62. The standard InChI is InChI=1S/C27H30O5/c28-25(20-21-8-2-1-3-9-21)24-12-6-4-10-22(24)16-17-31-18-19-32-26-13-7-5-11-23(26)14-15-27(29)30/h1-13,25,28H,14-20H2,(H,29,30)/t25-/m1/s1. The van der Waals surface area contributed by atoms with Gasteiger partial charge in [0.15, 0.2) is 0 Å². The zero-order valence-corrected chi connectivity index (χ0v) is 18.2. The largest absolute Gasteiger partial charge is 0.491 e. The molecule has 3 aromatic rings. The van der Waals surface area contributed by atoms with Gasteiger partial charge in [0.1, 0.15) is 12.4 Å². The van der Waals surface area contributed by atoms with Gasteiger partial charge in [0.05, 0.1) is 19.3 Å². The second-order valence-corrected chi connectivity index (χ2v) is 7.62. The molecule has 0 spiro atoms. The number of aryl methyl sites for hydroxylation is 1. The van der Waals surface area contributed by atoms with Crippen molar-refractivity contribution in [3.8, 4) is 5.75 Å². The van der Waals surface area contributed by atoms with Gasteiger partial charge in [-0.15, -0.1) is 0 Å². The zero-order chi connectivity index (χ0) is 22.6. The minimum absolute atomic E-state index is 0.0758. The summed E-state index contributed by atoms with van der Waals surface area (Å²) >= 11 is 0. The molecule has 1 atom stereocenters. The van der Waals surface area contributed by atoms with Crippen molar-refractivity contribution in [3.05, 3.63) is 101 Å². The average Bonchev–Trinajstić information content (AvgIpc) is 2.81. The van der Waals surface area contributed by atoms with Gasteiger partial charge in [-0.1, -0.05) is 72.8 Å².